The number of benzene rings is 2. The highest BCUT2D eigenvalue weighted by Crippen LogP contribution is 2.33. The topological polar surface area (TPSA) is 93.7 Å². The van der Waals surface area contributed by atoms with Gasteiger partial charge in [-0.2, -0.15) is 0 Å². The lowest BCUT2D eigenvalue weighted by molar-refractivity contribution is -0.122. The molecule has 3 rings (SSSR count). The summed E-state index contributed by atoms with van der Waals surface area (Å²) in [4.78, 5) is 34.4. The molecule has 0 spiro atoms. The number of imide groups is 1. The van der Waals surface area contributed by atoms with Gasteiger partial charge in [-0.15, -0.1) is 0 Å². The largest absolute Gasteiger partial charge is 0.515 e. The van der Waals surface area contributed by atoms with Crippen LogP contribution in [-0.2, 0) is 19.8 Å². The fourth-order valence-corrected chi connectivity index (χ4v) is 2.99. The number of hydrogen-bond acceptors (Lipinski definition) is 5. The molecule has 0 radical (unpaired) electrons. The Bertz CT molecular complexity index is 874. The van der Waals surface area contributed by atoms with Gasteiger partial charge in [-0.3, -0.25) is 10.1 Å². The lowest BCUT2D eigenvalue weighted by Crippen LogP contribution is -2.44. The highest BCUT2D eigenvalue weighted by Gasteiger charge is 2.48. The third kappa shape index (κ3) is 7.49. The molecule has 0 saturated carbocycles. The molecule has 1 aliphatic rings. The van der Waals surface area contributed by atoms with Gasteiger partial charge in [0.1, 0.15) is 0 Å². The van der Waals surface area contributed by atoms with E-state index >= 15 is 0 Å². The van der Waals surface area contributed by atoms with E-state index < -0.39 is 25.7 Å². The Morgan fingerprint density at radius 2 is 1.13 bits per heavy atom. The van der Waals surface area contributed by atoms with Crippen LogP contribution in [0, 0.1) is 0 Å². The predicted octanol–water partition coefficient (Wildman–Crippen LogP) is 5.56. The molecule has 2 aromatic carbocycles. The van der Waals surface area contributed by atoms with Crippen LogP contribution in [0.4, 0.5) is 9.59 Å². The lowest BCUT2D eigenvalue weighted by atomic mass is 9.83. The maximum atomic E-state index is 12.3. The van der Waals surface area contributed by atoms with Gasteiger partial charge < -0.3 is 14.8 Å². The zero-order chi connectivity index (χ0) is 23.3. The second kappa shape index (κ2) is 10.3. The van der Waals surface area contributed by atoms with Crippen molar-refractivity contribution in [3.8, 4) is 0 Å². The summed E-state index contributed by atoms with van der Waals surface area (Å²) in [6, 6.07) is 18.0. The van der Waals surface area contributed by atoms with Gasteiger partial charge in [0.15, 0.2) is 5.54 Å². The van der Waals surface area contributed by atoms with E-state index in [0.717, 1.165) is 11.1 Å². The van der Waals surface area contributed by atoms with Crippen molar-refractivity contribution in [2.24, 2.45) is 0 Å². The maximum absolute atomic E-state index is 12.3. The Balaban J connectivity index is 0.000000248. The second-order valence-corrected chi connectivity index (χ2v) is 10.1. The zero-order valence-electron chi connectivity index (χ0n) is 15.1. The van der Waals surface area contributed by atoms with Gasteiger partial charge in [-0.05, 0) is 80.7 Å². The summed E-state index contributed by atoms with van der Waals surface area (Å²) >= 11 is 30.2. The van der Waals surface area contributed by atoms with E-state index in [1.165, 1.54) is 0 Å². The Kier molecular flexibility index (Phi) is 8.55. The summed E-state index contributed by atoms with van der Waals surface area (Å²) in [5.41, 5.74) is 0.341. The minimum absolute atomic E-state index is 0.352. The van der Waals surface area contributed by atoms with Crippen LogP contribution in [0.25, 0.3) is 0 Å². The van der Waals surface area contributed by atoms with Crippen LogP contribution in [0.5, 0.6) is 0 Å². The lowest BCUT2D eigenvalue weighted by Gasteiger charge is -2.27. The summed E-state index contributed by atoms with van der Waals surface area (Å²) in [6.45, 7) is 0. The van der Waals surface area contributed by atoms with Crippen molar-refractivity contribution < 1.29 is 23.9 Å². The number of amides is 3. The van der Waals surface area contributed by atoms with E-state index in [9.17, 15) is 14.4 Å². The molecule has 0 atom stereocenters. The van der Waals surface area contributed by atoms with Gasteiger partial charge in [0.2, 0.25) is 0 Å². The van der Waals surface area contributed by atoms with E-state index in [1.807, 2.05) is 60.7 Å². The van der Waals surface area contributed by atoms with Crippen LogP contribution in [0.2, 0.25) is 0 Å². The number of carbonyl (C=O) groups excluding carboxylic acids is 3. The van der Waals surface area contributed by atoms with Crippen molar-refractivity contribution in [3.05, 3.63) is 71.8 Å². The SMILES string of the molecule is O=C(OC(Cl)(Cl)Cl)OC(Cl)(Cl)Cl.O=C1NC(=O)C(c2ccccc2)(c2ccccc2)N1. The average molecular weight is 549 g/mol. The summed E-state index contributed by atoms with van der Waals surface area (Å²) in [5.74, 6) is -0.352. The fraction of sp³-hybridized carbons (Fsp3) is 0.167. The molecule has 2 aromatic rings. The monoisotopic (exact) mass is 546 g/mol. The number of halogens is 6. The van der Waals surface area contributed by atoms with Crippen molar-refractivity contribution in [3.63, 3.8) is 0 Å². The van der Waals surface area contributed by atoms with E-state index in [-0.39, 0.29) is 5.91 Å². The van der Waals surface area contributed by atoms with E-state index in [0.29, 0.717) is 0 Å². The van der Waals surface area contributed by atoms with E-state index in [1.54, 1.807) is 0 Å². The molecule has 2 N–H and O–H groups in total. The first-order valence-corrected chi connectivity index (χ1v) is 10.4. The first-order chi connectivity index (χ1) is 14.3. The van der Waals surface area contributed by atoms with Gasteiger partial charge in [0.05, 0.1) is 0 Å². The Labute approximate surface area is 206 Å². The third-order valence-corrected chi connectivity index (χ3v) is 4.14. The van der Waals surface area contributed by atoms with Gasteiger partial charge in [0.25, 0.3) is 5.91 Å². The molecule has 0 aliphatic carbocycles. The number of urea groups is 1. The minimum Gasteiger partial charge on any atom is -0.382 e. The first-order valence-electron chi connectivity index (χ1n) is 8.13. The van der Waals surface area contributed by atoms with Crippen molar-refractivity contribution in [2.75, 3.05) is 0 Å². The molecular formula is C18H12Cl6N2O5. The minimum atomic E-state index is -2.24. The predicted molar refractivity (Wildman–Crippen MR) is 118 cm³/mol. The number of nitrogens with one attached hydrogen (secondary N) is 2. The van der Waals surface area contributed by atoms with Gasteiger partial charge in [-0.1, -0.05) is 60.7 Å². The molecule has 31 heavy (non-hydrogen) atoms. The van der Waals surface area contributed by atoms with Gasteiger partial charge >= 0.3 is 20.1 Å². The molecule has 1 saturated heterocycles. The van der Waals surface area contributed by atoms with Crippen molar-refractivity contribution in [1.29, 1.82) is 0 Å². The van der Waals surface area contributed by atoms with Crippen LogP contribution in [0.15, 0.2) is 60.7 Å². The van der Waals surface area contributed by atoms with Crippen LogP contribution in [0.3, 0.4) is 0 Å². The van der Waals surface area contributed by atoms with Crippen LogP contribution < -0.4 is 10.6 Å². The number of ether oxygens (including phenoxy) is 2. The number of rotatable bonds is 2. The van der Waals surface area contributed by atoms with Gasteiger partial charge in [-0.25, -0.2) is 9.59 Å². The van der Waals surface area contributed by atoms with Crippen molar-refractivity contribution >= 4 is 87.7 Å². The maximum Gasteiger partial charge on any atom is 0.515 e. The van der Waals surface area contributed by atoms with Crippen LogP contribution in [0.1, 0.15) is 11.1 Å². The van der Waals surface area contributed by atoms with E-state index in [4.69, 9.17) is 69.6 Å². The molecule has 0 bridgehead atoms. The normalized spacial score (nSPS) is 15.2. The number of carbonyl (C=O) groups is 3. The molecular weight excluding hydrogens is 537 g/mol. The van der Waals surface area contributed by atoms with Crippen LogP contribution in [-0.4, -0.2) is 26.1 Å². The average Bonchev–Trinajstić information content (AvgIpc) is 2.95. The Hall–Kier alpha value is -1.61. The Morgan fingerprint density at radius 3 is 1.42 bits per heavy atom. The van der Waals surface area contributed by atoms with Crippen molar-refractivity contribution in [1.82, 2.24) is 10.6 Å². The van der Waals surface area contributed by atoms with Crippen molar-refractivity contribution in [2.45, 2.75) is 13.5 Å². The zero-order valence-corrected chi connectivity index (χ0v) is 19.6. The summed E-state index contributed by atoms with van der Waals surface area (Å²) in [6.07, 6.45) is -1.41. The Morgan fingerprint density at radius 1 is 0.742 bits per heavy atom. The van der Waals surface area contributed by atoms with E-state index in [2.05, 4.69) is 20.1 Å². The molecule has 7 nitrogen and oxygen atoms in total. The number of alkyl halides is 6. The molecule has 166 valence electrons. The highest BCUT2D eigenvalue weighted by atomic mass is 35.6. The second-order valence-electron chi connectivity index (χ2n) is 5.74. The molecule has 0 aromatic heterocycles. The molecule has 13 heteroatoms. The summed E-state index contributed by atoms with van der Waals surface area (Å²) in [5, 5.41) is 5.07. The third-order valence-electron chi connectivity index (χ3n) is 3.68. The quantitative estimate of drug-likeness (QED) is 0.291. The summed E-state index contributed by atoms with van der Waals surface area (Å²) in [7, 11) is 0. The first kappa shape index (κ1) is 25.6. The summed E-state index contributed by atoms with van der Waals surface area (Å²) < 4.78 is 3.50. The molecule has 1 heterocycles. The van der Waals surface area contributed by atoms with Crippen LogP contribution >= 0.6 is 69.6 Å². The fourth-order valence-electron chi connectivity index (χ4n) is 2.61. The van der Waals surface area contributed by atoms with Gasteiger partial charge in [0, 0.05) is 0 Å². The molecule has 0 unspecified atom stereocenters. The molecule has 3 amide bonds. The standard InChI is InChI=1S/C15H12N2O2.C3Cl6O3/c18-13-15(17-14(19)16-13,11-7-3-1-4-8-11)12-9-5-2-6-10-12;4-2(5,6)11-1(10)12-3(7,8)9/h1-10H,(H2,16,17,18,19);. The number of hydrogen-bond donors (Lipinski definition) is 2. The smallest absolute Gasteiger partial charge is 0.382 e. The molecule has 1 aliphatic heterocycles. The molecule has 1 fully saturated rings. The highest BCUT2D eigenvalue weighted by molar-refractivity contribution is 6.67.